The van der Waals surface area contributed by atoms with Gasteiger partial charge in [-0.1, -0.05) is 0 Å². The van der Waals surface area contributed by atoms with Crippen molar-refractivity contribution in [2.45, 2.75) is 19.3 Å². The number of ether oxygens (including phenoxy) is 1. The maximum absolute atomic E-state index is 11.0. The van der Waals surface area contributed by atoms with Crippen molar-refractivity contribution in [2.24, 2.45) is 5.92 Å². The molecule has 1 aliphatic rings. The number of piperidine rings is 1. The van der Waals surface area contributed by atoms with E-state index >= 15 is 0 Å². The minimum Gasteiger partial charge on any atom is -0.487 e. The number of benzene rings is 1. The molecule has 1 fully saturated rings. The second kappa shape index (κ2) is 6.87. The summed E-state index contributed by atoms with van der Waals surface area (Å²) in [5.74, 6) is 0.805. The fraction of sp³-hybridized carbons (Fsp3) is 0.500. The number of nitro benzene ring substituents is 1. The van der Waals surface area contributed by atoms with Crippen LogP contribution >= 0.6 is 0 Å². The third-order valence-electron chi connectivity index (χ3n) is 3.47. The van der Waals surface area contributed by atoms with E-state index in [1.807, 2.05) is 6.07 Å². The van der Waals surface area contributed by atoms with Gasteiger partial charge in [0.15, 0.2) is 5.75 Å². The van der Waals surface area contributed by atoms with Gasteiger partial charge < -0.3 is 10.1 Å². The molecule has 0 aliphatic carbocycles. The van der Waals surface area contributed by atoms with Crippen LogP contribution in [0, 0.1) is 27.4 Å². The summed E-state index contributed by atoms with van der Waals surface area (Å²) in [5, 5.41) is 23.0. The molecular formula is C14H17N3O3. The van der Waals surface area contributed by atoms with Crippen molar-refractivity contribution in [3.05, 3.63) is 33.9 Å². The zero-order chi connectivity index (χ0) is 14.4. The lowest BCUT2D eigenvalue weighted by Gasteiger charge is -2.22. The van der Waals surface area contributed by atoms with Crippen LogP contribution < -0.4 is 10.1 Å². The zero-order valence-electron chi connectivity index (χ0n) is 11.2. The van der Waals surface area contributed by atoms with E-state index in [0.29, 0.717) is 12.5 Å². The molecule has 1 saturated heterocycles. The molecule has 1 atom stereocenters. The van der Waals surface area contributed by atoms with Crippen LogP contribution in [0.25, 0.3) is 0 Å². The Bertz CT molecular complexity index is 519. The topological polar surface area (TPSA) is 88.2 Å². The molecule has 1 aromatic rings. The van der Waals surface area contributed by atoms with Crippen LogP contribution in [0.4, 0.5) is 5.69 Å². The minimum absolute atomic E-state index is 0.147. The highest BCUT2D eigenvalue weighted by Gasteiger charge is 2.17. The average Bonchev–Trinajstić information content (AvgIpc) is 2.48. The molecule has 1 aliphatic heterocycles. The number of nitriles is 1. The first-order chi connectivity index (χ1) is 9.70. The third kappa shape index (κ3) is 3.68. The summed E-state index contributed by atoms with van der Waals surface area (Å²) in [6.45, 7) is 2.51. The number of nitrogens with zero attached hydrogens (tertiary/aromatic N) is 2. The number of hydrogen-bond donors (Lipinski definition) is 1. The van der Waals surface area contributed by atoms with Gasteiger partial charge >= 0.3 is 5.69 Å². The molecular weight excluding hydrogens is 258 g/mol. The number of nitrogens with one attached hydrogen (secondary N) is 1. The molecule has 0 aromatic heterocycles. The first-order valence-electron chi connectivity index (χ1n) is 6.73. The second-order valence-electron chi connectivity index (χ2n) is 4.90. The fourth-order valence-electron chi connectivity index (χ4n) is 2.36. The summed E-state index contributed by atoms with van der Waals surface area (Å²) >= 11 is 0. The Morgan fingerprint density at radius 1 is 1.55 bits per heavy atom. The highest BCUT2D eigenvalue weighted by Crippen LogP contribution is 2.28. The first-order valence-corrected chi connectivity index (χ1v) is 6.73. The highest BCUT2D eigenvalue weighted by atomic mass is 16.6. The van der Waals surface area contributed by atoms with Gasteiger partial charge in [-0.3, -0.25) is 10.1 Å². The Morgan fingerprint density at radius 2 is 2.40 bits per heavy atom. The summed E-state index contributed by atoms with van der Waals surface area (Å²) in [5.41, 5.74) is 0.117. The molecule has 6 heteroatoms. The number of rotatable bonds is 5. The van der Waals surface area contributed by atoms with Gasteiger partial charge in [0.1, 0.15) is 0 Å². The molecule has 0 bridgehead atoms. The third-order valence-corrected chi connectivity index (χ3v) is 3.47. The van der Waals surface area contributed by atoms with Crippen LogP contribution in [0.3, 0.4) is 0 Å². The van der Waals surface area contributed by atoms with Crippen LogP contribution in [0.15, 0.2) is 18.2 Å². The molecule has 1 heterocycles. The predicted molar refractivity (Wildman–Crippen MR) is 73.5 cm³/mol. The van der Waals surface area contributed by atoms with Crippen LogP contribution in [-0.2, 0) is 0 Å². The van der Waals surface area contributed by atoms with E-state index in [-0.39, 0.29) is 17.0 Å². The largest absolute Gasteiger partial charge is 0.487 e. The molecule has 1 aromatic carbocycles. The van der Waals surface area contributed by atoms with Gasteiger partial charge in [-0.25, -0.2) is 0 Å². The van der Waals surface area contributed by atoms with Gasteiger partial charge in [0.05, 0.1) is 23.2 Å². The summed E-state index contributed by atoms with van der Waals surface area (Å²) in [6, 6.07) is 6.16. The Hall–Kier alpha value is -2.13. The maximum atomic E-state index is 11.0. The Labute approximate surface area is 117 Å². The van der Waals surface area contributed by atoms with E-state index in [1.165, 1.54) is 31.0 Å². The molecule has 0 amide bonds. The summed E-state index contributed by atoms with van der Waals surface area (Å²) in [4.78, 5) is 10.4. The van der Waals surface area contributed by atoms with Gasteiger partial charge in [-0.2, -0.15) is 5.26 Å². The van der Waals surface area contributed by atoms with Crippen LogP contribution in [-0.4, -0.2) is 24.6 Å². The molecule has 106 valence electrons. The molecule has 20 heavy (non-hydrogen) atoms. The molecule has 0 saturated carbocycles. The fourth-order valence-corrected chi connectivity index (χ4v) is 2.36. The Morgan fingerprint density at radius 3 is 3.05 bits per heavy atom. The summed E-state index contributed by atoms with van der Waals surface area (Å²) in [7, 11) is 0. The van der Waals surface area contributed by atoms with Gasteiger partial charge in [0.25, 0.3) is 0 Å². The lowest BCUT2D eigenvalue weighted by atomic mass is 9.97. The smallest absolute Gasteiger partial charge is 0.312 e. The highest BCUT2D eigenvalue weighted by molar-refractivity contribution is 5.51. The summed E-state index contributed by atoms with van der Waals surface area (Å²) < 4.78 is 5.52. The monoisotopic (exact) mass is 275 g/mol. The Balaban J connectivity index is 1.94. The van der Waals surface area contributed by atoms with Gasteiger partial charge in [-0.05, 0) is 50.4 Å². The van der Waals surface area contributed by atoms with Crippen molar-refractivity contribution < 1.29 is 9.66 Å². The molecule has 1 N–H and O–H groups in total. The second-order valence-corrected chi connectivity index (χ2v) is 4.90. The van der Waals surface area contributed by atoms with Crippen molar-refractivity contribution in [3.8, 4) is 11.8 Å². The molecule has 0 spiro atoms. The quantitative estimate of drug-likeness (QED) is 0.657. The van der Waals surface area contributed by atoms with E-state index in [1.54, 1.807) is 0 Å². The van der Waals surface area contributed by atoms with Crippen LogP contribution in [0.5, 0.6) is 5.75 Å². The van der Waals surface area contributed by atoms with Gasteiger partial charge in [-0.15, -0.1) is 0 Å². The Kier molecular flexibility index (Phi) is 4.91. The van der Waals surface area contributed by atoms with E-state index in [2.05, 4.69) is 5.32 Å². The maximum Gasteiger partial charge on any atom is 0.312 e. The van der Waals surface area contributed by atoms with Gasteiger partial charge in [0.2, 0.25) is 0 Å². The molecule has 6 nitrogen and oxygen atoms in total. The van der Waals surface area contributed by atoms with Crippen LogP contribution in [0.1, 0.15) is 24.8 Å². The van der Waals surface area contributed by atoms with Crippen molar-refractivity contribution in [1.82, 2.24) is 5.32 Å². The van der Waals surface area contributed by atoms with Crippen molar-refractivity contribution >= 4 is 5.69 Å². The standard InChI is InChI=1S/C14H17N3O3/c15-9-12-3-4-14(13(8-12)17(18)19)20-7-5-11-2-1-6-16-10-11/h3-4,8,11,16H,1-2,5-7,10H2. The molecule has 1 unspecified atom stereocenters. The van der Waals surface area contributed by atoms with Crippen LogP contribution in [0.2, 0.25) is 0 Å². The van der Waals surface area contributed by atoms with E-state index < -0.39 is 4.92 Å². The van der Waals surface area contributed by atoms with Crippen molar-refractivity contribution in [1.29, 1.82) is 5.26 Å². The lowest BCUT2D eigenvalue weighted by molar-refractivity contribution is -0.385. The lowest BCUT2D eigenvalue weighted by Crippen LogP contribution is -2.30. The van der Waals surface area contributed by atoms with Crippen molar-refractivity contribution in [3.63, 3.8) is 0 Å². The van der Waals surface area contributed by atoms with E-state index in [9.17, 15) is 10.1 Å². The van der Waals surface area contributed by atoms with Crippen molar-refractivity contribution in [2.75, 3.05) is 19.7 Å². The molecule has 0 radical (unpaired) electrons. The zero-order valence-corrected chi connectivity index (χ0v) is 11.2. The van der Waals surface area contributed by atoms with Gasteiger partial charge in [0, 0.05) is 6.07 Å². The van der Waals surface area contributed by atoms with E-state index in [0.717, 1.165) is 19.5 Å². The van der Waals surface area contributed by atoms with E-state index in [4.69, 9.17) is 10.00 Å². The number of hydrogen-bond acceptors (Lipinski definition) is 5. The summed E-state index contributed by atoms with van der Waals surface area (Å²) in [6.07, 6.45) is 3.22. The normalized spacial score (nSPS) is 18.2. The SMILES string of the molecule is N#Cc1ccc(OCCC2CCCNC2)c([N+](=O)[O-])c1. The average molecular weight is 275 g/mol. The minimum atomic E-state index is -0.516. The predicted octanol–water partition coefficient (Wildman–Crippen LogP) is 2.23. The molecule has 2 rings (SSSR count). The number of nitro groups is 1. The first kappa shape index (κ1) is 14.3.